The number of carbonyl (C=O) groups excluding carboxylic acids is 1. The van der Waals surface area contributed by atoms with Gasteiger partial charge in [-0.25, -0.2) is 4.39 Å². The number of ether oxygens (including phenoxy) is 3. The first-order valence-corrected chi connectivity index (χ1v) is 12.2. The lowest BCUT2D eigenvalue weighted by atomic mass is 10.2. The molecule has 0 aliphatic heterocycles. The number of amides is 1. The van der Waals surface area contributed by atoms with E-state index in [1.807, 2.05) is 28.8 Å². The maximum Gasteiger partial charge on any atom is 0.234 e. The van der Waals surface area contributed by atoms with Crippen LogP contribution in [0.1, 0.15) is 5.82 Å². The molecule has 1 heterocycles. The van der Waals surface area contributed by atoms with Crippen LogP contribution in [0.4, 0.5) is 15.8 Å². The van der Waals surface area contributed by atoms with Gasteiger partial charge in [0.05, 0.1) is 39.3 Å². The molecule has 11 heteroatoms. The zero-order chi connectivity index (χ0) is 26.2. The topological polar surface area (TPSA) is 99.5 Å². The number of hydrogen-bond acceptors (Lipinski definition) is 8. The quantitative estimate of drug-likeness (QED) is 0.271. The van der Waals surface area contributed by atoms with E-state index in [2.05, 4.69) is 20.8 Å². The summed E-state index contributed by atoms with van der Waals surface area (Å²) < 4.78 is 30.9. The minimum Gasteiger partial charge on any atom is -0.497 e. The second-order valence-corrected chi connectivity index (χ2v) is 8.64. The average Bonchev–Trinajstić information content (AvgIpc) is 3.34. The largest absolute Gasteiger partial charge is 0.497 e. The van der Waals surface area contributed by atoms with Crippen LogP contribution in [0.5, 0.6) is 17.2 Å². The van der Waals surface area contributed by atoms with Gasteiger partial charge in [-0.05, 0) is 60.7 Å². The zero-order valence-corrected chi connectivity index (χ0v) is 21.3. The van der Waals surface area contributed by atoms with E-state index < -0.39 is 0 Å². The molecule has 0 saturated heterocycles. The Hall–Kier alpha value is -4.25. The number of halogens is 1. The summed E-state index contributed by atoms with van der Waals surface area (Å²) in [5.41, 5.74) is 2.09. The van der Waals surface area contributed by atoms with Gasteiger partial charge in [0.25, 0.3) is 0 Å². The third kappa shape index (κ3) is 6.50. The average molecular weight is 524 g/mol. The Balaban J connectivity index is 1.51. The first kappa shape index (κ1) is 25.8. The summed E-state index contributed by atoms with van der Waals surface area (Å²) in [6.45, 7) is 0.334. The predicted octanol–water partition coefficient (Wildman–Crippen LogP) is 4.78. The molecule has 1 amide bonds. The molecule has 4 rings (SSSR count). The summed E-state index contributed by atoms with van der Waals surface area (Å²) in [6, 6.07) is 18.7. The molecule has 0 aliphatic carbocycles. The normalized spacial score (nSPS) is 10.6. The number of rotatable bonds is 11. The number of nitrogens with one attached hydrogen (secondary N) is 2. The molecule has 0 bridgehead atoms. The van der Waals surface area contributed by atoms with Gasteiger partial charge in [0.1, 0.15) is 23.1 Å². The van der Waals surface area contributed by atoms with Crippen LogP contribution in [-0.2, 0) is 11.3 Å². The van der Waals surface area contributed by atoms with E-state index in [1.54, 1.807) is 44.6 Å². The lowest BCUT2D eigenvalue weighted by Crippen LogP contribution is -2.15. The van der Waals surface area contributed by atoms with Gasteiger partial charge in [-0.3, -0.25) is 9.36 Å². The van der Waals surface area contributed by atoms with Gasteiger partial charge in [0.2, 0.25) is 5.91 Å². The van der Waals surface area contributed by atoms with Crippen molar-refractivity contribution in [3.63, 3.8) is 0 Å². The first-order chi connectivity index (χ1) is 18.0. The van der Waals surface area contributed by atoms with Gasteiger partial charge in [0, 0.05) is 17.4 Å². The fourth-order valence-electron chi connectivity index (χ4n) is 3.47. The summed E-state index contributed by atoms with van der Waals surface area (Å²) in [5, 5.41) is 15.3. The van der Waals surface area contributed by atoms with E-state index in [0.717, 1.165) is 11.4 Å². The second kappa shape index (κ2) is 12.1. The molecule has 9 nitrogen and oxygen atoms in total. The maximum absolute atomic E-state index is 13.3. The van der Waals surface area contributed by atoms with Crippen LogP contribution >= 0.6 is 11.8 Å². The molecule has 2 N–H and O–H groups in total. The molecular weight excluding hydrogens is 497 g/mol. The van der Waals surface area contributed by atoms with Crippen molar-refractivity contribution in [2.45, 2.75) is 11.7 Å². The Morgan fingerprint density at radius 1 is 0.919 bits per heavy atom. The number of nitrogens with zero attached hydrogens (tertiary/aromatic N) is 3. The molecular formula is C26H26FN5O4S. The van der Waals surface area contributed by atoms with E-state index >= 15 is 0 Å². The molecule has 0 saturated carbocycles. The smallest absolute Gasteiger partial charge is 0.234 e. The van der Waals surface area contributed by atoms with E-state index in [0.29, 0.717) is 40.5 Å². The van der Waals surface area contributed by atoms with Crippen molar-refractivity contribution >= 4 is 29.0 Å². The van der Waals surface area contributed by atoms with E-state index in [1.165, 1.54) is 31.0 Å². The molecule has 0 spiro atoms. The number of aromatic nitrogens is 3. The number of benzene rings is 3. The van der Waals surface area contributed by atoms with Crippen molar-refractivity contribution in [2.75, 3.05) is 37.7 Å². The lowest BCUT2D eigenvalue weighted by molar-refractivity contribution is -0.113. The predicted molar refractivity (Wildman–Crippen MR) is 141 cm³/mol. The van der Waals surface area contributed by atoms with Crippen LogP contribution in [0, 0.1) is 5.82 Å². The highest BCUT2D eigenvalue weighted by atomic mass is 32.2. The zero-order valence-electron chi connectivity index (χ0n) is 20.5. The summed E-state index contributed by atoms with van der Waals surface area (Å²) in [4.78, 5) is 12.7. The minimum absolute atomic E-state index is 0.0921. The number of anilines is 2. The molecule has 4 aromatic rings. The van der Waals surface area contributed by atoms with Crippen LogP contribution in [0.3, 0.4) is 0 Å². The maximum atomic E-state index is 13.3. The fourth-order valence-corrected chi connectivity index (χ4v) is 4.24. The van der Waals surface area contributed by atoms with Gasteiger partial charge in [-0.15, -0.1) is 10.2 Å². The molecule has 192 valence electrons. The van der Waals surface area contributed by atoms with Gasteiger partial charge in [0.15, 0.2) is 11.0 Å². The van der Waals surface area contributed by atoms with E-state index in [9.17, 15) is 9.18 Å². The van der Waals surface area contributed by atoms with Crippen LogP contribution < -0.4 is 24.8 Å². The lowest BCUT2D eigenvalue weighted by Gasteiger charge is -2.13. The molecule has 0 radical (unpaired) electrons. The van der Waals surface area contributed by atoms with Crippen LogP contribution in [-0.4, -0.2) is 47.8 Å². The Morgan fingerprint density at radius 2 is 1.62 bits per heavy atom. The van der Waals surface area contributed by atoms with Gasteiger partial charge in [-0.1, -0.05) is 11.8 Å². The van der Waals surface area contributed by atoms with E-state index in [-0.39, 0.29) is 17.5 Å². The summed E-state index contributed by atoms with van der Waals surface area (Å²) in [6.07, 6.45) is 0. The molecule has 1 aromatic heterocycles. The molecule has 3 aromatic carbocycles. The number of carbonyl (C=O) groups is 1. The second-order valence-electron chi connectivity index (χ2n) is 7.70. The fraction of sp³-hybridized carbons (Fsp3) is 0.192. The van der Waals surface area contributed by atoms with Crippen molar-refractivity contribution < 1.29 is 23.4 Å². The first-order valence-electron chi connectivity index (χ1n) is 11.2. The molecule has 0 aliphatic rings. The highest BCUT2D eigenvalue weighted by molar-refractivity contribution is 7.99. The minimum atomic E-state index is -0.309. The summed E-state index contributed by atoms with van der Waals surface area (Å²) >= 11 is 1.25. The SMILES string of the molecule is COc1ccc(-n2c(CNc3ccc(F)cc3)nnc2SCC(=O)Nc2ccc(OC)cc2OC)cc1. The number of hydrogen-bond donors (Lipinski definition) is 2. The Labute approximate surface area is 218 Å². The van der Waals surface area contributed by atoms with Gasteiger partial charge < -0.3 is 24.8 Å². The van der Waals surface area contributed by atoms with Crippen LogP contribution in [0.15, 0.2) is 71.9 Å². The van der Waals surface area contributed by atoms with Crippen molar-refractivity contribution in [3.05, 3.63) is 78.4 Å². The van der Waals surface area contributed by atoms with Crippen molar-refractivity contribution in [1.29, 1.82) is 0 Å². The molecule has 0 unspecified atom stereocenters. The number of methoxy groups -OCH3 is 3. The molecule has 0 fully saturated rings. The summed E-state index contributed by atoms with van der Waals surface area (Å²) in [5.74, 6) is 2.00. The van der Waals surface area contributed by atoms with Crippen LogP contribution in [0.25, 0.3) is 5.69 Å². The van der Waals surface area contributed by atoms with Gasteiger partial charge >= 0.3 is 0 Å². The van der Waals surface area contributed by atoms with Crippen molar-refractivity contribution in [3.8, 4) is 22.9 Å². The monoisotopic (exact) mass is 523 g/mol. The molecule has 37 heavy (non-hydrogen) atoms. The molecule has 0 atom stereocenters. The van der Waals surface area contributed by atoms with E-state index in [4.69, 9.17) is 14.2 Å². The third-order valence-electron chi connectivity index (χ3n) is 5.34. The Bertz CT molecular complexity index is 1350. The Kier molecular flexibility index (Phi) is 8.47. The van der Waals surface area contributed by atoms with Crippen molar-refractivity contribution in [1.82, 2.24) is 14.8 Å². The summed E-state index contributed by atoms with van der Waals surface area (Å²) in [7, 11) is 4.69. The highest BCUT2D eigenvalue weighted by Crippen LogP contribution is 2.30. The highest BCUT2D eigenvalue weighted by Gasteiger charge is 2.17. The number of thioether (sulfide) groups is 1. The third-order valence-corrected chi connectivity index (χ3v) is 6.27. The standard InChI is InChI=1S/C26H26FN5O4S/c1-34-20-10-8-19(9-11-20)32-24(15-28-18-6-4-17(27)5-7-18)30-31-26(32)37-16-25(33)29-22-13-12-21(35-2)14-23(22)36-3/h4-14,28H,15-16H2,1-3H3,(H,29,33). The van der Waals surface area contributed by atoms with Gasteiger partial charge in [-0.2, -0.15) is 0 Å². The Morgan fingerprint density at radius 3 is 2.30 bits per heavy atom. The van der Waals surface area contributed by atoms with Crippen molar-refractivity contribution in [2.24, 2.45) is 0 Å². The van der Waals surface area contributed by atoms with Crippen LogP contribution in [0.2, 0.25) is 0 Å².